The fourth-order valence-corrected chi connectivity index (χ4v) is 3.23. The molecule has 2 N–H and O–H groups in total. The van der Waals surface area contributed by atoms with Gasteiger partial charge >= 0.3 is 0 Å². The topological polar surface area (TPSA) is 104 Å². The summed E-state index contributed by atoms with van der Waals surface area (Å²) in [6, 6.07) is 10.5. The minimum Gasteiger partial charge on any atom is -0.508 e. The quantitative estimate of drug-likeness (QED) is 0.791. The van der Waals surface area contributed by atoms with Gasteiger partial charge in [-0.05, 0) is 48.5 Å². The number of nitrogens with one attached hydrogen (secondary N) is 1. The Morgan fingerprint density at radius 3 is 2.19 bits per heavy atom. The number of anilines is 2. The normalized spacial score (nSPS) is 11.0. The zero-order chi connectivity index (χ0) is 19.3. The number of rotatable bonds is 6. The van der Waals surface area contributed by atoms with Crippen molar-refractivity contribution < 1.29 is 27.5 Å². The van der Waals surface area contributed by atoms with E-state index in [1.165, 1.54) is 43.4 Å². The number of hydrogen-bond donors (Lipinski definition) is 2. The van der Waals surface area contributed by atoms with Crippen LogP contribution in [0.1, 0.15) is 0 Å². The van der Waals surface area contributed by atoms with Crippen molar-refractivity contribution in [1.29, 1.82) is 0 Å². The number of aromatic hydroxyl groups is 1. The summed E-state index contributed by atoms with van der Waals surface area (Å²) in [6.45, 7) is 0. The first-order valence-corrected chi connectivity index (χ1v) is 9.30. The van der Waals surface area contributed by atoms with E-state index < -0.39 is 39.0 Å². The molecule has 0 saturated heterocycles. The third-order valence-electron chi connectivity index (χ3n) is 3.43. The fraction of sp³-hybridized carbons (Fsp3) is 0.176. The Morgan fingerprint density at radius 1 is 1.04 bits per heavy atom. The Labute approximate surface area is 150 Å². The molecule has 2 aromatic rings. The summed E-state index contributed by atoms with van der Waals surface area (Å²) in [4.78, 5) is 25.1. The molecule has 0 unspecified atom stereocenters. The van der Waals surface area contributed by atoms with Gasteiger partial charge in [-0.2, -0.15) is 0 Å². The molecule has 138 valence electrons. The number of hydrogen-bond acceptors (Lipinski definition) is 5. The third kappa shape index (κ3) is 5.55. The van der Waals surface area contributed by atoms with E-state index in [1.54, 1.807) is 0 Å². The van der Waals surface area contributed by atoms with E-state index in [1.807, 2.05) is 0 Å². The maximum absolute atomic E-state index is 12.8. The first-order chi connectivity index (χ1) is 12.2. The fourth-order valence-electron chi connectivity index (χ4n) is 2.09. The van der Waals surface area contributed by atoms with Gasteiger partial charge in [0.15, 0.2) is 9.84 Å². The molecule has 0 aliphatic heterocycles. The Balaban J connectivity index is 1.96. The Hall–Kier alpha value is -2.94. The van der Waals surface area contributed by atoms with Gasteiger partial charge < -0.3 is 15.3 Å². The molecule has 0 aliphatic rings. The molecule has 0 bridgehead atoms. The molecule has 2 amide bonds. The minimum atomic E-state index is -4.00. The summed E-state index contributed by atoms with van der Waals surface area (Å²) >= 11 is 0. The molecule has 0 aromatic heterocycles. The smallest absolute Gasteiger partial charge is 0.241 e. The molecule has 7 nitrogen and oxygen atoms in total. The van der Waals surface area contributed by atoms with E-state index in [-0.39, 0.29) is 11.4 Å². The van der Waals surface area contributed by atoms with Crippen molar-refractivity contribution in [3.05, 3.63) is 54.3 Å². The molecule has 2 rings (SSSR count). The lowest BCUT2D eigenvalue weighted by molar-refractivity contribution is -0.116. The molecule has 0 saturated carbocycles. The Morgan fingerprint density at radius 2 is 1.62 bits per heavy atom. The van der Waals surface area contributed by atoms with Crippen LogP contribution in [0, 0.1) is 5.82 Å². The van der Waals surface area contributed by atoms with Gasteiger partial charge in [-0.3, -0.25) is 9.59 Å². The predicted octanol–water partition coefficient (Wildman–Crippen LogP) is 1.55. The lowest BCUT2D eigenvalue weighted by Gasteiger charge is -2.17. The number of benzene rings is 2. The molecule has 2 aromatic carbocycles. The number of carbonyl (C=O) groups is 2. The maximum atomic E-state index is 12.8. The summed E-state index contributed by atoms with van der Waals surface area (Å²) in [6.07, 6.45) is 0. The SMILES string of the molecule is CN(C(=O)CS(=O)(=O)CC(=O)Nc1ccc(F)cc1)c1ccc(O)cc1. The molecular formula is C17H17FN2O5S. The van der Waals surface area contributed by atoms with Gasteiger partial charge in [0.2, 0.25) is 11.8 Å². The highest BCUT2D eigenvalue weighted by atomic mass is 32.2. The van der Waals surface area contributed by atoms with Crippen molar-refractivity contribution in [3.8, 4) is 5.75 Å². The number of phenolic OH excluding ortho intramolecular Hbond substituents is 1. The van der Waals surface area contributed by atoms with Gasteiger partial charge in [-0.15, -0.1) is 0 Å². The van der Waals surface area contributed by atoms with Crippen molar-refractivity contribution in [2.45, 2.75) is 0 Å². The third-order valence-corrected chi connectivity index (χ3v) is 4.82. The highest BCUT2D eigenvalue weighted by molar-refractivity contribution is 7.92. The predicted molar refractivity (Wildman–Crippen MR) is 95.2 cm³/mol. The second kappa shape index (κ2) is 7.96. The van der Waals surface area contributed by atoms with Gasteiger partial charge in [-0.1, -0.05) is 0 Å². The Bertz CT molecular complexity index is 896. The molecule has 0 fully saturated rings. The van der Waals surface area contributed by atoms with Crippen molar-refractivity contribution in [2.24, 2.45) is 0 Å². The molecular weight excluding hydrogens is 363 g/mol. The standard InChI is InChI=1S/C17H17FN2O5S/c1-20(14-6-8-15(21)9-7-14)17(23)11-26(24,25)10-16(22)19-13-4-2-12(18)3-5-13/h2-9,21H,10-11H2,1H3,(H,19,22). The average Bonchev–Trinajstić information content (AvgIpc) is 2.56. The number of phenols is 1. The number of nitrogens with zero attached hydrogens (tertiary/aromatic N) is 1. The van der Waals surface area contributed by atoms with Gasteiger partial charge in [0.05, 0.1) is 0 Å². The van der Waals surface area contributed by atoms with E-state index in [9.17, 15) is 27.5 Å². The van der Waals surface area contributed by atoms with Crippen molar-refractivity contribution in [2.75, 3.05) is 28.8 Å². The van der Waals surface area contributed by atoms with E-state index in [2.05, 4.69) is 5.32 Å². The zero-order valence-corrected chi connectivity index (χ0v) is 14.7. The first-order valence-electron chi connectivity index (χ1n) is 7.48. The summed E-state index contributed by atoms with van der Waals surface area (Å²) in [5.41, 5.74) is 0.651. The van der Waals surface area contributed by atoms with Gasteiger partial charge in [0.25, 0.3) is 0 Å². The van der Waals surface area contributed by atoms with Crippen LogP contribution in [0.2, 0.25) is 0 Å². The summed E-state index contributed by atoms with van der Waals surface area (Å²) in [7, 11) is -2.60. The second-order valence-electron chi connectivity index (χ2n) is 5.56. The van der Waals surface area contributed by atoms with Crippen LogP contribution in [0.4, 0.5) is 15.8 Å². The number of halogens is 1. The Kier molecular flexibility index (Phi) is 5.93. The number of amides is 2. The number of carbonyl (C=O) groups excluding carboxylic acids is 2. The summed E-state index contributed by atoms with van der Waals surface area (Å²) < 4.78 is 37.0. The monoisotopic (exact) mass is 380 g/mol. The second-order valence-corrected chi connectivity index (χ2v) is 7.62. The van der Waals surface area contributed by atoms with E-state index >= 15 is 0 Å². The largest absolute Gasteiger partial charge is 0.508 e. The van der Waals surface area contributed by atoms with Crippen LogP contribution >= 0.6 is 0 Å². The molecule has 26 heavy (non-hydrogen) atoms. The van der Waals surface area contributed by atoms with Crippen molar-refractivity contribution in [3.63, 3.8) is 0 Å². The number of sulfone groups is 1. The van der Waals surface area contributed by atoms with Crippen LogP contribution in [0.15, 0.2) is 48.5 Å². The van der Waals surface area contributed by atoms with Gasteiger partial charge in [-0.25, -0.2) is 12.8 Å². The molecule has 0 heterocycles. The highest BCUT2D eigenvalue weighted by Crippen LogP contribution is 2.17. The van der Waals surface area contributed by atoms with E-state index in [0.717, 1.165) is 17.0 Å². The van der Waals surface area contributed by atoms with E-state index in [0.29, 0.717) is 5.69 Å². The first kappa shape index (κ1) is 19.4. The minimum absolute atomic E-state index is 0.0136. The molecule has 0 spiro atoms. The van der Waals surface area contributed by atoms with Crippen LogP contribution in [0.5, 0.6) is 5.75 Å². The molecule has 0 aliphatic carbocycles. The molecule has 0 atom stereocenters. The zero-order valence-electron chi connectivity index (χ0n) is 13.8. The van der Waals surface area contributed by atoms with Gasteiger partial charge in [0, 0.05) is 18.4 Å². The van der Waals surface area contributed by atoms with Crippen LogP contribution in [0.25, 0.3) is 0 Å². The average molecular weight is 380 g/mol. The highest BCUT2D eigenvalue weighted by Gasteiger charge is 2.23. The van der Waals surface area contributed by atoms with Crippen LogP contribution in [-0.4, -0.2) is 43.9 Å². The van der Waals surface area contributed by atoms with Crippen molar-refractivity contribution >= 4 is 33.0 Å². The van der Waals surface area contributed by atoms with Crippen LogP contribution in [0.3, 0.4) is 0 Å². The summed E-state index contributed by atoms with van der Waals surface area (Å²) in [5, 5.41) is 11.6. The van der Waals surface area contributed by atoms with Crippen LogP contribution in [-0.2, 0) is 19.4 Å². The van der Waals surface area contributed by atoms with E-state index in [4.69, 9.17) is 0 Å². The molecule has 0 radical (unpaired) electrons. The maximum Gasteiger partial charge on any atom is 0.241 e. The lowest BCUT2D eigenvalue weighted by Crippen LogP contribution is -2.35. The van der Waals surface area contributed by atoms with Crippen molar-refractivity contribution in [1.82, 2.24) is 0 Å². The van der Waals surface area contributed by atoms with Crippen LogP contribution < -0.4 is 10.2 Å². The molecule has 9 heteroatoms. The van der Waals surface area contributed by atoms with Gasteiger partial charge in [0.1, 0.15) is 23.1 Å². The lowest BCUT2D eigenvalue weighted by atomic mass is 10.3. The summed E-state index contributed by atoms with van der Waals surface area (Å²) in [5.74, 6) is -3.74.